The van der Waals surface area contributed by atoms with Crippen LogP contribution in [0.5, 0.6) is 0 Å². The lowest BCUT2D eigenvalue weighted by Crippen LogP contribution is -2.31. The van der Waals surface area contributed by atoms with Crippen molar-refractivity contribution < 1.29 is 4.74 Å². The lowest BCUT2D eigenvalue weighted by molar-refractivity contribution is 0.107. The van der Waals surface area contributed by atoms with E-state index in [1.807, 2.05) is 11.8 Å². The fraction of sp³-hybridized carbons (Fsp3) is 0.571. The first kappa shape index (κ1) is 11.6. The Morgan fingerprint density at radius 3 is 3.12 bits per heavy atom. The van der Waals surface area contributed by atoms with Crippen LogP contribution in [0.4, 0.5) is 0 Å². The molecule has 17 heavy (non-hydrogen) atoms. The topological polar surface area (TPSA) is 21.3 Å². The van der Waals surface area contributed by atoms with E-state index in [0.717, 1.165) is 13.2 Å². The third-order valence-corrected chi connectivity index (χ3v) is 4.70. The van der Waals surface area contributed by atoms with Crippen LogP contribution in [0.2, 0.25) is 0 Å². The fourth-order valence-corrected chi connectivity index (χ4v) is 3.76. The summed E-state index contributed by atoms with van der Waals surface area (Å²) in [4.78, 5) is 1.45. The van der Waals surface area contributed by atoms with Crippen LogP contribution in [-0.2, 0) is 4.74 Å². The van der Waals surface area contributed by atoms with E-state index in [-0.39, 0.29) is 0 Å². The van der Waals surface area contributed by atoms with E-state index in [4.69, 9.17) is 4.74 Å². The number of benzene rings is 1. The van der Waals surface area contributed by atoms with E-state index >= 15 is 0 Å². The number of fused-ring (bicyclic) bond motifs is 1. The molecule has 2 aliphatic rings. The van der Waals surface area contributed by atoms with Gasteiger partial charge in [0.05, 0.1) is 6.10 Å². The second-order valence-electron chi connectivity index (χ2n) is 4.77. The molecule has 92 valence electrons. The molecule has 0 radical (unpaired) electrons. The number of hydrogen-bond acceptors (Lipinski definition) is 3. The molecule has 2 aliphatic heterocycles. The van der Waals surface area contributed by atoms with Gasteiger partial charge in [0.2, 0.25) is 0 Å². The van der Waals surface area contributed by atoms with Crippen LogP contribution in [0, 0.1) is 0 Å². The average Bonchev–Trinajstić information content (AvgIpc) is 2.89. The SMILES string of the molecule is c1ccc2c(c1)SCCC2NCC1CCCO1. The van der Waals surface area contributed by atoms with Gasteiger partial charge in [0.15, 0.2) is 0 Å². The molecule has 0 amide bonds. The average molecular weight is 249 g/mol. The van der Waals surface area contributed by atoms with E-state index in [2.05, 4.69) is 29.6 Å². The number of nitrogens with one attached hydrogen (secondary N) is 1. The van der Waals surface area contributed by atoms with Gasteiger partial charge in [0, 0.05) is 24.1 Å². The highest BCUT2D eigenvalue weighted by Crippen LogP contribution is 2.35. The smallest absolute Gasteiger partial charge is 0.0700 e. The molecule has 2 nitrogen and oxygen atoms in total. The van der Waals surface area contributed by atoms with Gasteiger partial charge >= 0.3 is 0 Å². The van der Waals surface area contributed by atoms with Crippen molar-refractivity contribution in [3.05, 3.63) is 29.8 Å². The van der Waals surface area contributed by atoms with Gasteiger partial charge in [-0.05, 0) is 36.6 Å². The van der Waals surface area contributed by atoms with Gasteiger partial charge in [-0.2, -0.15) is 0 Å². The zero-order chi connectivity index (χ0) is 11.5. The highest BCUT2D eigenvalue weighted by atomic mass is 32.2. The summed E-state index contributed by atoms with van der Waals surface area (Å²) in [6.07, 6.45) is 4.12. The minimum Gasteiger partial charge on any atom is -0.377 e. The second-order valence-corrected chi connectivity index (χ2v) is 5.91. The number of rotatable bonds is 3. The summed E-state index contributed by atoms with van der Waals surface area (Å²) < 4.78 is 5.66. The first-order chi connectivity index (χ1) is 8.43. The maximum atomic E-state index is 5.66. The Hall–Kier alpha value is -0.510. The molecular weight excluding hydrogens is 230 g/mol. The molecule has 0 bridgehead atoms. The Morgan fingerprint density at radius 1 is 1.29 bits per heavy atom. The van der Waals surface area contributed by atoms with Crippen LogP contribution >= 0.6 is 11.8 Å². The van der Waals surface area contributed by atoms with Crippen LogP contribution in [0.3, 0.4) is 0 Å². The normalized spacial score (nSPS) is 28.0. The quantitative estimate of drug-likeness (QED) is 0.890. The predicted octanol–water partition coefficient (Wildman–Crippen LogP) is 2.99. The summed E-state index contributed by atoms with van der Waals surface area (Å²) in [5.41, 5.74) is 1.47. The molecule has 3 rings (SSSR count). The maximum Gasteiger partial charge on any atom is 0.0700 e. The molecule has 2 atom stereocenters. The number of thioether (sulfide) groups is 1. The van der Waals surface area contributed by atoms with E-state index in [1.54, 1.807) is 0 Å². The van der Waals surface area contributed by atoms with Crippen molar-refractivity contribution in [1.29, 1.82) is 0 Å². The van der Waals surface area contributed by atoms with Crippen LogP contribution in [0.25, 0.3) is 0 Å². The van der Waals surface area contributed by atoms with Crippen molar-refractivity contribution in [3.63, 3.8) is 0 Å². The predicted molar refractivity (Wildman–Crippen MR) is 71.5 cm³/mol. The Kier molecular flexibility index (Phi) is 3.69. The molecule has 0 spiro atoms. The molecule has 1 saturated heterocycles. The highest BCUT2D eigenvalue weighted by Gasteiger charge is 2.22. The molecule has 1 fully saturated rings. The Bertz CT molecular complexity index is 376. The molecule has 1 N–H and O–H groups in total. The summed E-state index contributed by atoms with van der Waals surface area (Å²) in [5.74, 6) is 1.22. The lowest BCUT2D eigenvalue weighted by atomic mass is 10.0. The molecular formula is C14H19NOS. The Morgan fingerprint density at radius 2 is 2.24 bits per heavy atom. The summed E-state index contributed by atoms with van der Waals surface area (Å²) >= 11 is 1.98. The van der Waals surface area contributed by atoms with E-state index in [9.17, 15) is 0 Å². The Labute approximate surface area is 107 Å². The minimum absolute atomic E-state index is 0.441. The third kappa shape index (κ3) is 2.67. The van der Waals surface area contributed by atoms with E-state index in [0.29, 0.717) is 12.1 Å². The van der Waals surface area contributed by atoms with Gasteiger partial charge < -0.3 is 10.1 Å². The summed E-state index contributed by atoms with van der Waals surface area (Å²) in [6.45, 7) is 1.95. The van der Waals surface area contributed by atoms with Gasteiger partial charge in [-0.3, -0.25) is 0 Å². The van der Waals surface area contributed by atoms with Crippen molar-refractivity contribution in [3.8, 4) is 0 Å². The highest BCUT2D eigenvalue weighted by molar-refractivity contribution is 7.99. The molecule has 0 saturated carbocycles. The fourth-order valence-electron chi connectivity index (χ4n) is 2.63. The number of ether oxygens (including phenoxy) is 1. The van der Waals surface area contributed by atoms with Crippen molar-refractivity contribution in [1.82, 2.24) is 5.32 Å². The summed E-state index contributed by atoms with van der Waals surface area (Å²) in [6, 6.07) is 9.30. The molecule has 3 heteroatoms. The van der Waals surface area contributed by atoms with Crippen molar-refractivity contribution in [2.75, 3.05) is 18.9 Å². The van der Waals surface area contributed by atoms with E-state index < -0.39 is 0 Å². The Balaban J connectivity index is 1.64. The van der Waals surface area contributed by atoms with Gasteiger partial charge in [0.1, 0.15) is 0 Å². The molecule has 2 unspecified atom stereocenters. The van der Waals surface area contributed by atoms with Gasteiger partial charge in [0.25, 0.3) is 0 Å². The first-order valence-electron chi connectivity index (χ1n) is 6.50. The monoisotopic (exact) mass is 249 g/mol. The van der Waals surface area contributed by atoms with Gasteiger partial charge in [-0.25, -0.2) is 0 Å². The molecule has 0 aliphatic carbocycles. The standard InChI is InChI=1S/C14H19NOS/c1-2-6-14-12(5-1)13(7-9-17-14)15-10-11-4-3-8-16-11/h1-2,5-6,11,13,15H,3-4,7-10H2. The lowest BCUT2D eigenvalue weighted by Gasteiger charge is -2.27. The minimum atomic E-state index is 0.441. The largest absolute Gasteiger partial charge is 0.377 e. The first-order valence-corrected chi connectivity index (χ1v) is 7.49. The zero-order valence-corrected chi connectivity index (χ0v) is 10.8. The summed E-state index contributed by atoms with van der Waals surface area (Å²) in [7, 11) is 0. The van der Waals surface area contributed by atoms with Crippen LogP contribution in [0.15, 0.2) is 29.2 Å². The zero-order valence-electron chi connectivity index (χ0n) is 10.0. The van der Waals surface area contributed by atoms with Crippen LogP contribution in [-0.4, -0.2) is 25.0 Å². The van der Waals surface area contributed by atoms with Crippen molar-refractivity contribution in [2.45, 2.75) is 36.3 Å². The number of hydrogen-bond donors (Lipinski definition) is 1. The molecule has 2 heterocycles. The third-order valence-electron chi connectivity index (χ3n) is 3.57. The van der Waals surface area contributed by atoms with Crippen molar-refractivity contribution >= 4 is 11.8 Å². The van der Waals surface area contributed by atoms with Crippen LogP contribution in [0.1, 0.15) is 30.9 Å². The van der Waals surface area contributed by atoms with Gasteiger partial charge in [-0.15, -0.1) is 11.8 Å². The molecule has 1 aromatic rings. The van der Waals surface area contributed by atoms with Gasteiger partial charge in [-0.1, -0.05) is 18.2 Å². The maximum absolute atomic E-state index is 5.66. The molecule has 0 aromatic heterocycles. The van der Waals surface area contributed by atoms with Crippen LogP contribution < -0.4 is 5.32 Å². The van der Waals surface area contributed by atoms with E-state index in [1.165, 1.54) is 35.5 Å². The summed E-state index contributed by atoms with van der Waals surface area (Å²) in [5, 5.41) is 3.68. The molecule has 1 aromatic carbocycles. The second kappa shape index (κ2) is 5.42. The van der Waals surface area contributed by atoms with Crippen molar-refractivity contribution in [2.24, 2.45) is 0 Å².